The lowest BCUT2D eigenvalue weighted by Crippen LogP contribution is -2.12. The first-order valence-corrected chi connectivity index (χ1v) is 8.91. The first-order chi connectivity index (χ1) is 13.0. The number of carbonyl (C=O) groups excluding carboxylic acids is 1. The molecule has 2 aromatic carbocycles. The van der Waals surface area contributed by atoms with Crippen molar-refractivity contribution in [3.63, 3.8) is 0 Å². The van der Waals surface area contributed by atoms with Crippen LogP contribution in [0.15, 0.2) is 42.5 Å². The molecule has 0 unspecified atom stereocenters. The van der Waals surface area contributed by atoms with Gasteiger partial charge in [0, 0.05) is 18.6 Å². The molecule has 0 atom stereocenters. The van der Waals surface area contributed by atoms with E-state index in [1.165, 1.54) is 12.8 Å². The van der Waals surface area contributed by atoms with Gasteiger partial charge in [0.25, 0.3) is 0 Å². The van der Waals surface area contributed by atoms with Crippen LogP contribution in [0.3, 0.4) is 0 Å². The van der Waals surface area contributed by atoms with Crippen molar-refractivity contribution in [2.75, 3.05) is 0 Å². The van der Waals surface area contributed by atoms with E-state index in [-0.39, 0.29) is 18.3 Å². The third-order valence-electron chi connectivity index (χ3n) is 4.46. The molecule has 0 aliphatic heterocycles. The van der Waals surface area contributed by atoms with Gasteiger partial charge in [-0.05, 0) is 55.9 Å². The lowest BCUT2D eigenvalue weighted by Gasteiger charge is -2.13. The molecule has 1 saturated carbocycles. The summed E-state index contributed by atoms with van der Waals surface area (Å²) in [6, 6.07) is 10.3. The summed E-state index contributed by atoms with van der Waals surface area (Å²) < 4.78 is 24.2. The van der Waals surface area contributed by atoms with Gasteiger partial charge < -0.3 is 9.47 Å². The summed E-state index contributed by atoms with van der Waals surface area (Å²) in [6.07, 6.45) is 5.14. The molecule has 3 rings (SSSR count). The predicted molar refractivity (Wildman–Crippen MR) is 96.3 cm³/mol. The highest BCUT2D eigenvalue weighted by atomic mass is 19.1. The highest BCUT2D eigenvalue weighted by Gasteiger charge is 2.19. The number of hydrogen-bond acceptors (Lipinski definition) is 5. The van der Waals surface area contributed by atoms with Crippen molar-refractivity contribution in [3.05, 3.63) is 64.0 Å². The number of benzene rings is 2. The van der Waals surface area contributed by atoms with E-state index in [4.69, 9.17) is 9.47 Å². The third kappa shape index (κ3) is 5.26. The smallest absolute Gasteiger partial charge is 0.311 e. The van der Waals surface area contributed by atoms with E-state index in [9.17, 15) is 19.3 Å². The number of ether oxygens (including phenoxy) is 2. The summed E-state index contributed by atoms with van der Waals surface area (Å²) in [5.74, 6) is -0.983. The number of nitro benzene ring substituents is 1. The van der Waals surface area contributed by atoms with Crippen LogP contribution in [0.25, 0.3) is 0 Å². The Balaban J connectivity index is 1.58. The van der Waals surface area contributed by atoms with E-state index in [0.717, 1.165) is 42.4 Å². The summed E-state index contributed by atoms with van der Waals surface area (Å²) in [5, 5.41) is 11.0. The zero-order valence-electron chi connectivity index (χ0n) is 14.7. The van der Waals surface area contributed by atoms with E-state index < -0.39 is 22.4 Å². The molecule has 0 heterocycles. The quantitative estimate of drug-likeness (QED) is 0.307. The average molecular weight is 373 g/mol. The molecule has 0 N–H and O–H groups in total. The predicted octanol–water partition coefficient (Wildman–Crippen LogP) is 4.59. The Morgan fingerprint density at radius 3 is 2.70 bits per heavy atom. The molecular formula is C20H20FNO5. The number of esters is 1. The molecule has 2 aromatic rings. The van der Waals surface area contributed by atoms with Gasteiger partial charge in [-0.1, -0.05) is 12.1 Å². The molecule has 0 saturated heterocycles. The van der Waals surface area contributed by atoms with Gasteiger partial charge in [-0.25, -0.2) is 4.39 Å². The van der Waals surface area contributed by atoms with Crippen LogP contribution < -0.4 is 9.47 Å². The fourth-order valence-electron chi connectivity index (χ4n) is 3.11. The first-order valence-electron chi connectivity index (χ1n) is 8.91. The van der Waals surface area contributed by atoms with Crippen molar-refractivity contribution in [2.45, 2.75) is 44.6 Å². The minimum Gasteiger partial charge on any atom is -0.490 e. The third-order valence-corrected chi connectivity index (χ3v) is 4.46. The minimum atomic E-state index is -0.716. The second-order valence-corrected chi connectivity index (χ2v) is 6.51. The van der Waals surface area contributed by atoms with Crippen LogP contribution in [0, 0.1) is 15.9 Å². The van der Waals surface area contributed by atoms with Crippen molar-refractivity contribution in [1.82, 2.24) is 0 Å². The number of halogens is 1. The van der Waals surface area contributed by atoms with Crippen molar-refractivity contribution in [1.29, 1.82) is 0 Å². The minimum absolute atomic E-state index is 0.0144. The van der Waals surface area contributed by atoms with E-state index in [1.807, 2.05) is 24.3 Å². The fourth-order valence-corrected chi connectivity index (χ4v) is 3.11. The maximum absolute atomic E-state index is 13.3. The van der Waals surface area contributed by atoms with E-state index >= 15 is 0 Å². The van der Waals surface area contributed by atoms with Gasteiger partial charge in [0.1, 0.15) is 11.6 Å². The zero-order valence-corrected chi connectivity index (χ0v) is 14.7. The van der Waals surface area contributed by atoms with Gasteiger partial charge in [-0.2, -0.15) is 0 Å². The molecule has 1 fully saturated rings. The Morgan fingerprint density at radius 1 is 1.19 bits per heavy atom. The van der Waals surface area contributed by atoms with Crippen molar-refractivity contribution in [3.8, 4) is 11.5 Å². The van der Waals surface area contributed by atoms with Gasteiger partial charge in [0.2, 0.25) is 5.75 Å². The van der Waals surface area contributed by atoms with Gasteiger partial charge in [0.05, 0.1) is 11.0 Å². The summed E-state index contributed by atoms with van der Waals surface area (Å²) >= 11 is 0. The van der Waals surface area contributed by atoms with Crippen LogP contribution >= 0.6 is 0 Å². The Bertz CT molecular complexity index is 833. The van der Waals surface area contributed by atoms with E-state index in [2.05, 4.69) is 0 Å². The second-order valence-electron chi connectivity index (χ2n) is 6.51. The summed E-state index contributed by atoms with van der Waals surface area (Å²) in [4.78, 5) is 22.3. The molecular weight excluding hydrogens is 353 g/mol. The molecule has 0 amide bonds. The Morgan fingerprint density at radius 2 is 1.96 bits per heavy atom. The maximum Gasteiger partial charge on any atom is 0.311 e. The van der Waals surface area contributed by atoms with Crippen LogP contribution in [-0.4, -0.2) is 17.0 Å². The Labute approximate surface area is 156 Å². The summed E-state index contributed by atoms with van der Waals surface area (Å²) in [7, 11) is 0. The summed E-state index contributed by atoms with van der Waals surface area (Å²) in [5.41, 5.74) is 0.452. The maximum atomic E-state index is 13.3. The Hall–Kier alpha value is -2.96. The molecule has 0 spiro atoms. The van der Waals surface area contributed by atoms with Crippen molar-refractivity contribution >= 4 is 11.7 Å². The number of hydrogen-bond donors (Lipinski definition) is 0. The highest BCUT2D eigenvalue weighted by molar-refractivity contribution is 5.74. The standard InChI is InChI=1S/C20H20FNO5/c21-15-9-10-18(22(24)25)19(13-15)27-20(23)11-8-14-4-3-7-17(12-14)26-16-5-1-2-6-16/h3-4,7,9-10,12-13,16H,1-2,5-6,8,11H2. The first kappa shape index (κ1) is 18.8. The van der Waals surface area contributed by atoms with Crippen molar-refractivity contribution in [2.24, 2.45) is 0 Å². The largest absolute Gasteiger partial charge is 0.490 e. The normalized spacial score (nSPS) is 14.1. The highest BCUT2D eigenvalue weighted by Crippen LogP contribution is 2.28. The van der Waals surface area contributed by atoms with Gasteiger partial charge in [0.15, 0.2) is 0 Å². The van der Waals surface area contributed by atoms with Gasteiger partial charge in [-0.3, -0.25) is 14.9 Å². The molecule has 1 aliphatic rings. The SMILES string of the molecule is O=C(CCc1cccc(OC2CCCC2)c1)Oc1cc(F)ccc1[N+](=O)[O-]. The number of rotatable bonds is 7. The van der Waals surface area contributed by atoms with Crippen LogP contribution in [0.5, 0.6) is 11.5 Å². The molecule has 27 heavy (non-hydrogen) atoms. The number of nitro groups is 1. The Kier molecular flexibility index (Phi) is 6.01. The zero-order chi connectivity index (χ0) is 19.2. The van der Waals surface area contributed by atoms with Gasteiger partial charge in [-0.15, -0.1) is 0 Å². The molecule has 142 valence electrons. The monoisotopic (exact) mass is 373 g/mol. The molecule has 1 aliphatic carbocycles. The van der Waals surface area contributed by atoms with E-state index in [0.29, 0.717) is 6.42 Å². The lowest BCUT2D eigenvalue weighted by atomic mass is 10.1. The molecule has 0 radical (unpaired) electrons. The van der Waals surface area contributed by atoms with E-state index in [1.54, 1.807) is 0 Å². The molecule has 7 heteroatoms. The second kappa shape index (κ2) is 8.62. The number of nitrogens with zero attached hydrogens (tertiary/aromatic N) is 1. The number of aryl methyl sites for hydroxylation is 1. The van der Waals surface area contributed by atoms with Crippen molar-refractivity contribution < 1.29 is 23.6 Å². The lowest BCUT2D eigenvalue weighted by molar-refractivity contribution is -0.385. The van der Waals surface area contributed by atoms with Gasteiger partial charge >= 0.3 is 11.7 Å². The molecule has 0 aromatic heterocycles. The van der Waals surface area contributed by atoms with Crippen LogP contribution in [0.4, 0.5) is 10.1 Å². The van der Waals surface area contributed by atoms with Crippen LogP contribution in [0.2, 0.25) is 0 Å². The fraction of sp³-hybridized carbons (Fsp3) is 0.350. The van der Waals surface area contributed by atoms with Crippen LogP contribution in [0.1, 0.15) is 37.7 Å². The van der Waals surface area contributed by atoms with Crippen LogP contribution in [-0.2, 0) is 11.2 Å². The molecule has 6 nitrogen and oxygen atoms in total. The topological polar surface area (TPSA) is 78.7 Å². The molecule has 0 bridgehead atoms. The summed E-state index contributed by atoms with van der Waals surface area (Å²) in [6.45, 7) is 0. The number of carbonyl (C=O) groups is 1. The average Bonchev–Trinajstić information content (AvgIpc) is 3.13.